The maximum Gasteiger partial charge on any atom is 0.405 e. The molecule has 11 heteroatoms. The lowest BCUT2D eigenvalue weighted by Gasteiger charge is -2.22. The summed E-state index contributed by atoms with van der Waals surface area (Å²) >= 11 is 1.29. The van der Waals surface area contributed by atoms with Crippen molar-refractivity contribution in [1.82, 2.24) is 25.0 Å². The van der Waals surface area contributed by atoms with Gasteiger partial charge in [0.25, 0.3) is 5.91 Å². The molecule has 1 aromatic carbocycles. The third-order valence-electron chi connectivity index (χ3n) is 4.66. The van der Waals surface area contributed by atoms with Gasteiger partial charge in [-0.3, -0.25) is 9.59 Å². The molecule has 1 aliphatic heterocycles. The van der Waals surface area contributed by atoms with Crippen molar-refractivity contribution in [1.29, 1.82) is 0 Å². The van der Waals surface area contributed by atoms with Crippen LogP contribution in [-0.2, 0) is 4.79 Å². The highest BCUT2D eigenvalue weighted by Crippen LogP contribution is 2.25. The zero-order valence-electron chi connectivity index (χ0n) is 16.7. The molecule has 0 unspecified atom stereocenters. The van der Waals surface area contributed by atoms with Crippen LogP contribution in [0, 0.1) is 6.92 Å². The van der Waals surface area contributed by atoms with Crippen LogP contribution in [0.15, 0.2) is 24.3 Å². The minimum Gasteiger partial charge on any atom is -0.345 e. The molecule has 1 N–H and O–H groups in total. The van der Waals surface area contributed by atoms with Gasteiger partial charge in [0.15, 0.2) is 0 Å². The average molecular weight is 441 g/mol. The summed E-state index contributed by atoms with van der Waals surface area (Å²) in [7, 11) is 0. The van der Waals surface area contributed by atoms with Crippen LogP contribution in [0.2, 0.25) is 0 Å². The van der Waals surface area contributed by atoms with Gasteiger partial charge in [-0.1, -0.05) is 32.0 Å². The number of nitrogens with zero attached hydrogens (tertiary/aromatic N) is 4. The topological polar surface area (TPSA) is 80.1 Å². The lowest BCUT2D eigenvalue weighted by atomic mass is 10.0. The Morgan fingerprint density at radius 1 is 1.30 bits per heavy atom. The standard InChI is InChI=1S/C19H22F3N5O2S/c1-11(2)13-6-4-5-7-14(13)27-12(3)24-16(25-27)18(29)26-10-30-8-15(26)17(28)23-9-19(20,21)22/h4-7,11,15H,8-10H2,1-3H3,(H,23,28)/t15-/m0/s1. The van der Waals surface area contributed by atoms with E-state index in [1.54, 1.807) is 11.6 Å². The molecule has 1 saturated heterocycles. The SMILES string of the molecule is Cc1nc(C(=O)N2CSC[C@H]2C(=O)NCC(F)(F)F)nn1-c1ccccc1C(C)C. The molecule has 3 rings (SSSR count). The van der Waals surface area contributed by atoms with E-state index in [1.807, 2.05) is 43.4 Å². The molecule has 1 aliphatic rings. The van der Waals surface area contributed by atoms with Gasteiger partial charge < -0.3 is 10.2 Å². The summed E-state index contributed by atoms with van der Waals surface area (Å²) in [4.78, 5) is 30.6. The van der Waals surface area contributed by atoms with Crippen LogP contribution in [0.5, 0.6) is 0 Å². The highest BCUT2D eigenvalue weighted by Gasteiger charge is 2.38. The number of para-hydroxylation sites is 1. The molecule has 0 bridgehead atoms. The molecule has 1 fully saturated rings. The van der Waals surface area contributed by atoms with Crippen LogP contribution < -0.4 is 5.32 Å². The van der Waals surface area contributed by atoms with Gasteiger partial charge in [0, 0.05) is 5.75 Å². The van der Waals surface area contributed by atoms with Crippen molar-refractivity contribution in [3.05, 3.63) is 41.5 Å². The van der Waals surface area contributed by atoms with Crippen LogP contribution in [0.1, 0.15) is 41.8 Å². The number of hydrogen-bond acceptors (Lipinski definition) is 5. The largest absolute Gasteiger partial charge is 0.405 e. The van der Waals surface area contributed by atoms with Crippen LogP contribution in [0.3, 0.4) is 0 Å². The first-order valence-electron chi connectivity index (χ1n) is 9.34. The lowest BCUT2D eigenvalue weighted by Crippen LogP contribution is -2.49. The second-order valence-corrected chi connectivity index (χ2v) is 8.23. The van der Waals surface area contributed by atoms with Gasteiger partial charge in [-0.05, 0) is 24.5 Å². The monoisotopic (exact) mass is 441 g/mol. The molecule has 30 heavy (non-hydrogen) atoms. The highest BCUT2D eigenvalue weighted by atomic mass is 32.2. The summed E-state index contributed by atoms with van der Waals surface area (Å²) in [5.41, 5.74) is 1.83. The number of amides is 2. The Hall–Kier alpha value is -2.56. The first-order valence-corrected chi connectivity index (χ1v) is 10.5. The Morgan fingerprint density at radius 3 is 2.67 bits per heavy atom. The van der Waals surface area contributed by atoms with Crippen LogP contribution in [-0.4, -0.2) is 61.9 Å². The van der Waals surface area contributed by atoms with Gasteiger partial charge in [0.05, 0.1) is 11.6 Å². The molecule has 7 nitrogen and oxygen atoms in total. The third kappa shape index (κ3) is 4.77. The Balaban J connectivity index is 1.83. The number of nitrogens with one attached hydrogen (secondary N) is 1. The number of aromatic nitrogens is 3. The van der Waals surface area contributed by atoms with E-state index >= 15 is 0 Å². The van der Waals surface area contributed by atoms with E-state index in [1.165, 1.54) is 16.7 Å². The van der Waals surface area contributed by atoms with Crippen LogP contribution in [0.25, 0.3) is 5.69 Å². The number of rotatable bonds is 5. The van der Waals surface area contributed by atoms with Gasteiger partial charge in [-0.15, -0.1) is 16.9 Å². The zero-order valence-corrected chi connectivity index (χ0v) is 17.5. The Bertz CT molecular complexity index is 944. The zero-order chi connectivity index (χ0) is 22.1. The van der Waals surface area contributed by atoms with Crippen LogP contribution >= 0.6 is 11.8 Å². The minimum absolute atomic E-state index is 0.0952. The summed E-state index contributed by atoms with van der Waals surface area (Å²) in [6, 6.07) is 6.63. The van der Waals surface area contributed by atoms with Gasteiger partial charge in [0.2, 0.25) is 11.7 Å². The van der Waals surface area contributed by atoms with Crippen molar-refractivity contribution in [2.24, 2.45) is 0 Å². The van der Waals surface area contributed by atoms with E-state index in [2.05, 4.69) is 10.1 Å². The molecule has 2 amide bonds. The van der Waals surface area contributed by atoms with Crippen molar-refractivity contribution in [2.75, 3.05) is 18.2 Å². The van der Waals surface area contributed by atoms with Crippen molar-refractivity contribution in [3.8, 4) is 5.69 Å². The van der Waals surface area contributed by atoms with E-state index in [-0.39, 0.29) is 23.4 Å². The molecule has 162 valence electrons. The van der Waals surface area contributed by atoms with Gasteiger partial charge in [0.1, 0.15) is 18.4 Å². The number of carbonyl (C=O) groups excluding carboxylic acids is 2. The maximum atomic E-state index is 13.0. The molecule has 0 aliphatic carbocycles. The van der Waals surface area contributed by atoms with E-state index < -0.39 is 30.6 Å². The van der Waals surface area contributed by atoms with Crippen molar-refractivity contribution in [2.45, 2.75) is 38.9 Å². The number of benzene rings is 1. The van der Waals surface area contributed by atoms with Gasteiger partial charge in [-0.2, -0.15) is 13.2 Å². The molecule has 0 radical (unpaired) electrons. The summed E-state index contributed by atoms with van der Waals surface area (Å²) < 4.78 is 38.8. The maximum absolute atomic E-state index is 13.0. The summed E-state index contributed by atoms with van der Waals surface area (Å²) in [6.07, 6.45) is -4.52. The first-order chi connectivity index (χ1) is 14.1. The van der Waals surface area contributed by atoms with Crippen molar-refractivity contribution in [3.63, 3.8) is 0 Å². The number of halogens is 3. The number of aryl methyl sites for hydroxylation is 1. The summed E-state index contributed by atoms with van der Waals surface area (Å²) in [5, 5.41) is 6.19. The van der Waals surface area contributed by atoms with E-state index in [4.69, 9.17) is 0 Å². The Kier molecular flexibility index (Phi) is 6.39. The fraction of sp³-hybridized carbons (Fsp3) is 0.474. The molecular formula is C19H22F3N5O2S. The molecule has 0 saturated carbocycles. The quantitative estimate of drug-likeness (QED) is 0.772. The van der Waals surface area contributed by atoms with E-state index in [0.717, 1.165) is 11.3 Å². The normalized spacial score (nSPS) is 16.9. The van der Waals surface area contributed by atoms with Crippen molar-refractivity contribution >= 4 is 23.6 Å². The number of alkyl halides is 3. The smallest absolute Gasteiger partial charge is 0.345 e. The first kappa shape index (κ1) is 22.1. The molecule has 2 heterocycles. The fourth-order valence-electron chi connectivity index (χ4n) is 3.17. The predicted octanol–water partition coefficient (Wildman–Crippen LogP) is 2.89. The highest BCUT2D eigenvalue weighted by molar-refractivity contribution is 7.99. The fourth-order valence-corrected chi connectivity index (χ4v) is 4.32. The molecule has 1 aromatic heterocycles. The molecular weight excluding hydrogens is 419 g/mol. The third-order valence-corrected chi connectivity index (χ3v) is 5.67. The number of carbonyl (C=O) groups is 2. The molecule has 0 spiro atoms. The summed E-state index contributed by atoms with van der Waals surface area (Å²) in [5.74, 6) is -0.410. The predicted molar refractivity (Wildman–Crippen MR) is 107 cm³/mol. The Morgan fingerprint density at radius 2 is 2.00 bits per heavy atom. The van der Waals surface area contributed by atoms with Gasteiger partial charge in [-0.25, -0.2) is 9.67 Å². The molecule has 1 atom stereocenters. The minimum atomic E-state index is -4.52. The Labute approximate surface area is 176 Å². The lowest BCUT2D eigenvalue weighted by molar-refractivity contribution is -0.140. The average Bonchev–Trinajstić information content (AvgIpc) is 3.32. The number of thioether (sulfide) groups is 1. The summed E-state index contributed by atoms with van der Waals surface area (Å²) in [6.45, 7) is 4.37. The second kappa shape index (κ2) is 8.66. The van der Waals surface area contributed by atoms with Gasteiger partial charge >= 0.3 is 6.18 Å². The van der Waals surface area contributed by atoms with E-state index in [0.29, 0.717) is 5.82 Å². The van der Waals surface area contributed by atoms with Crippen molar-refractivity contribution < 1.29 is 22.8 Å². The van der Waals surface area contributed by atoms with E-state index in [9.17, 15) is 22.8 Å². The second-order valence-electron chi connectivity index (χ2n) is 7.23. The van der Waals surface area contributed by atoms with Crippen LogP contribution in [0.4, 0.5) is 13.2 Å². The molecule has 2 aromatic rings. The number of hydrogen-bond donors (Lipinski definition) is 1.